The zero-order valence-corrected chi connectivity index (χ0v) is 15.4. The molecule has 1 amide bonds. The number of ether oxygens (including phenoxy) is 1. The lowest BCUT2D eigenvalue weighted by Crippen LogP contribution is -2.29. The van der Waals surface area contributed by atoms with Gasteiger partial charge in [-0.25, -0.2) is 4.98 Å². The summed E-state index contributed by atoms with van der Waals surface area (Å²) >= 11 is 6.18. The van der Waals surface area contributed by atoms with E-state index in [1.54, 1.807) is 25.6 Å². The molecule has 2 heterocycles. The van der Waals surface area contributed by atoms with Gasteiger partial charge in [-0.05, 0) is 25.5 Å². The van der Waals surface area contributed by atoms with Crippen LogP contribution in [0.2, 0.25) is 5.02 Å². The van der Waals surface area contributed by atoms with E-state index in [9.17, 15) is 4.79 Å². The number of rotatable bonds is 7. The molecule has 0 aliphatic carbocycles. The zero-order chi connectivity index (χ0) is 18.5. The smallest absolute Gasteiger partial charge is 0.270 e. The summed E-state index contributed by atoms with van der Waals surface area (Å²) in [5.41, 5.74) is 0.917. The predicted molar refractivity (Wildman–Crippen MR) is 99.1 cm³/mol. The van der Waals surface area contributed by atoms with Gasteiger partial charge >= 0.3 is 0 Å². The van der Waals surface area contributed by atoms with E-state index in [1.807, 2.05) is 29.7 Å². The quantitative estimate of drug-likeness (QED) is 0.644. The van der Waals surface area contributed by atoms with Gasteiger partial charge in [0.15, 0.2) is 5.82 Å². The number of fused-ring (bicyclic) bond motifs is 1. The number of aryl methyl sites for hydroxylation is 1. The van der Waals surface area contributed by atoms with E-state index in [1.165, 1.54) is 0 Å². The third-order valence-corrected chi connectivity index (χ3v) is 4.34. The van der Waals surface area contributed by atoms with Gasteiger partial charge < -0.3 is 14.6 Å². The minimum atomic E-state index is -0.309. The molecule has 1 N–H and O–H groups in total. The van der Waals surface area contributed by atoms with Crippen molar-refractivity contribution >= 4 is 28.4 Å². The largest absolute Gasteiger partial charge is 0.385 e. The third kappa shape index (κ3) is 4.00. The van der Waals surface area contributed by atoms with Crippen LogP contribution in [0.3, 0.4) is 0 Å². The molecule has 0 saturated heterocycles. The Balaban J connectivity index is 1.74. The topological polar surface area (TPSA) is 81.9 Å². The van der Waals surface area contributed by atoms with Gasteiger partial charge in [0.2, 0.25) is 0 Å². The van der Waals surface area contributed by atoms with Gasteiger partial charge in [-0.3, -0.25) is 4.79 Å². The van der Waals surface area contributed by atoms with E-state index in [4.69, 9.17) is 16.3 Å². The first-order valence-corrected chi connectivity index (χ1v) is 8.70. The van der Waals surface area contributed by atoms with Gasteiger partial charge in [0.1, 0.15) is 12.0 Å². The van der Waals surface area contributed by atoms with Crippen molar-refractivity contribution < 1.29 is 9.53 Å². The van der Waals surface area contributed by atoms with Gasteiger partial charge in [-0.15, -0.1) is 10.2 Å². The lowest BCUT2D eigenvalue weighted by Gasteiger charge is -2.15. The fourth-order valence-corrected chi connectivity index (χ4v) is 2.95. The average molecular weight is 374 g/mol. The number of hydrogen-bond acceptors (Lipinski definition) is 5. The van der Waals surface area contributed by atoms with Crippen molar-refractivity contribution in [3.8, 4) is 0 Å². The first kappa shape index (κ1) is 18.3. The molecule has 3 aromatic rings. The molecular weight excluding hydrogens is 354 g/mol. The Labute approximate surface area is 156 Å². The van der Waals surface area contributed by atoms with Crippen molar-refractivity contribution in [1.82, 2.24) is 25.1 Å². The molecule has 1 aromatic carbocycles. The van der Waals surface area contributed by atoms with E-state index in [0.717, 1.165) is 18.4 Å². The van der Waals surface area contributed by atoms with Gasteiger partial charge in [-0.1, -0.05) is 29.8 Å². The van der Waals surface area contributed by atoms with Gasteiger partial charge in [-0.2, -0.15) is 0 Å². The molecule has 0 spiro atoms. The van der Waals surface area contributed by atoms with Crippen LogP contribution < -0.4 is 5.32 Å². The highest BCUT2D eigenvalue weighted by Gasteiger charge is 2.18. The Bertz CT molecular complexity index is 911. The van der Waals surface area contributed by atoms with Crippen LogP contribution in [0.5, 0.6) is 0 Å². The predicted octanol–water partition coefficient (Wildman–Crippen LogP) is 3.01. The van der Waals surface area contributed by atoms with Crippen molar-refractivity contribution in [2.24, 2.45) is 0 Å². The summed E-state index contributed by atoms with van der Waals surface area (Å²) in [7, 11) is 1.67. The number of carbonyl (C=O) groups is 1. The molecule has 7 nitrogen and oxygen atoms in total. The Morgan fingerprint density at radius 2 is 2.19 bits per heavy atom. The van der Waals surface area contributed by atoms with Crippen LogP contribution in [0.1, 0.15) is 35.7 Å². The van der Waals surface area contributed by atoms with Crippen LogP contribution in [-0.2, 0) is 11.3 Å². The van der Waals surface area contributed by atoms with E-state index >= 15 is 0 Å². The second-order valence-corrected chi connectivity index (χ2v) is 6.34. The van der Waals surface area contributed by atoms with Gasteiger partial charge in [0.25, 0.3) is 5.91 Å². The first-order valence-electron chi connectivity index (χ1n) is 8.33. The van der Waals surface area contributed by atoms with E-state index in [-0.39, 0.29) is 11.9 Å². The number of aromatic nitrogens is 4. The van der Waals surface area contributed by atoms with E-state index in [0.29, 0.717) is 28.7 Å². The summed E-state index contributed by atoms with van der Waals surface area (Å²) < 4.78 is 6.98. The van der Waals surface area contributed by atoms with Crippen molar-refractivity contribution in [1.29, 1.82) is 0 Å². The summed E-state index contributed by atoms with van der Waals surface area (Å²) in [5.74, 6) is 0.402. The lowest BCUT2D eigenvalue weighted by molar-refractivity contribution is 0.0932. The molecule has 1 atom stereocenters. The highest BCUT2D eigenvalue weighted by molar-refractivity contribution is 6.35. The standard InChI is InChI=1S/C18H20ClN5O2/c1-12(17-23-20-11-24(17)9-4-10-26-2)21-18(25)15-8-7-13-5-3-6-14(19)16(13)22-15/h3,5-8,11-12H,4,9-10H2,1-2H3,(H,21,25). The molecule has 8 heteroatoms. The van der Waals surface area contributed by atoms with Crippen LogP contribution in [0.4, 0.5) is 0 Å². The lowest BCUT2D eigenvalue weighted by atomic mass is 10.2. The maximum Gasteiger partial charge on any atom is 0.270 e. The molecule has 0 saturated carbocycles. The van der Waals surface area contributed by atoms with E-state index in [2.05, 4.69) is 20.5 Å². The molecule has 3 rings (SSSR count). The number of benzene rings is 1. The van der Waals surface area contributed by atoms with Crippen LogP contribution in [0.25, 0.3) is 10.9 Å². The average Bonchev–Trinajstić information content (AvgIpc) is 3.10. The van der Waals surface area contributed by atoms with Crippen molar-refractivity contribution in [2.45, 2.75) is 25.9 Å². The molecular formula is C18H20ClN5O2. The number of para-hydroxylation sites is 1. The minimum Gasteiger partial charge on any atom is -0.385 e. The second kappa shape index (κ2) is 8.25. The Kier molecular flexibility index (Phi) is 5.80. The number of methoxy groups -OCH3 is 1. The van der Waals surface area contributed by atoms with Crippen molar-refractivity contribution in [3.63, 3.8) is 0 Å². The molecule has 0 fully saturated rings. The van der Waals surface area contributed by atoms with Crippen LogP contribution in [-0.4, -0.2) is 39.4 Å². The molecule has 0 aliphatic heterocycles. The Hall–Kier alpha value is -2.51. The van der Waals surface area contributed by atoms with Crippen molar-refractivity contribution in [3.05, 3.63) is 53.2 Å². The third-order valence-electron chi connectivity index (χ3n) is 4.03. The van der Waals surface area contributed by atoms with Gasteiger partial charge in [0, 0.05) is 25.6 Å². The van der Waals surface area contributed by atoms with E-state index < -0.39 is 0 Å². The first-order chi connectivity index (χ1) is 12.6. The fraction of sp³-hybridized carbons (Fsp3) is 0.333. The van der Waals surface area contributed by atoms with Crippen LogP contribution in [0.15, 0.2) is 36.7 Å². The number of hydrogen-bond donors (Lipinski definition) is 1. The number of pyridine rings is 1. The molecule has 2 aromatic heterocycles. The summed E-state index contributed by atoms with van der Waals surface area (Å²) in [6.07, 6.45) is 2.49. The second-order valence-electron chi connectivity index (χ2n) is 5.93. The molecule has 1 unspecified atom stereocenters. The molecule has 0 aliphatic rings. The summed E-state index contributed by atoms with van der Waals surface area (Å²) in [6.45, 7) is 3.24. The molecule has 26 heavy (non-hydrogen) atoms. The van der Waals surface area contributed by atoms with Crippen LogP contribution >= 0.6 is 11.6 Å². The molecule has 0 bridgehead atoms. The Morgan fingerprint density at radius 3 is 3.00 bits per heavy atom. The number of amides is 1. The summed E-state index contributed by atoms with van der Waals surface area (Å²) in [5, 5.41) is 12.4. The monoisotopic (exact) mass is 373 g/mol. The fourth-order valence-electron chi connectivity index (χ4n) is 2.72. The highest BCUT2D eigenvalue weighted by Crippen LogP contribution is 2.21. The zero-order valence-electron chi connectivity index (χ0n) is 14.6. The molecule has 136 valence electrons. The Morgan fingerprint density at radius 1 is 1.35 bits per heavy atom. The van der Waals surface area contributed by atoms with Crippen LogP contribution in [0, 0.1) is 0 Å². The summed E-state index contributed by atoms with van der Waals surface area (Å²) in [6, 6.07) is 8.72. The van der Waals surface area contributed by atoms with Crippen molar-refractivity contribution in [2.75, 3.05) is 13.7 Å². The SMILES string of the molecule is COCCCn1cnnc1C(C)NC(=O)c1ccc2cccc(Cl)c2n1. The summed E-state index contributed by atoms with van der Waals surface area (Å²) in [4.78, 5) is 17.0. The number of halogens is 1. The van der Waals surface area contributed by atoms with Gasteiger partial charge in [0.05, 0.1) is 16.6 Å². The minimum absolute atomic E-state index is 0.286. The molecule has 0 radical (unpaired) electrons. The number of nitrogens with one attached hydrogen (secondary N) is 1. The highest BCUT2D eigenvalue weighted by atomic mass is 35.5. The normalized spacial score (nSPS) is 12.3. The number of nitrogens with zero attached hydrogens (tertiary/aromatic N) is 4. The number of carbonyl (C=O) groups excluding carboxylic acids is 1. The maximum absolute atomic E-state index is 12.6. The maximum atomic E-state index is 12.6.